The Morgan fingerprint density at radius 2 is 2.04 bits per heavy atom. The lowest BCUT2D eigenvalue weighted by atomic mass is 9.57. The number of piperidine rings is 1. The van der Waals surface area contributed by atoms with Gasteiger partial charge in [-0.2, -0.15) is 0 Å². The maximum Gasteiger partial charge on any atom is 0.191 e. The van der Waals surface area contributed by atoms with E-state index in [-0.39, 0.29) is 29.4 Å². The molecule has 1 aliphatic carbocycles. The second kappa shape index (κ2) is 9.26. The number of rotatable bonds is 4. The van der Waals surface area contributed by atoms with Crippen molar-refractivity contribution < 1.29 is 4.74 Å². The number of aliphatic imine (C=N–C) groups is 1. The molecule has 7 heteroatoms. The molecule has 6 nitrogen and oxygen atoms in total. The maximum atomic E-state index is 5.91. The van der Waals surface area contributed by atoms with Crippen molar-refractivity contribution in [3.8, 4) is 0 Å². The van der Waals surface area contributed by atoms with Gasteiger partial charge in [-0.25, -0.2) is 0 Å². The molecule has 28 heavy (non-hydrogen) atoms. The van der Waals surface area contributed by atoms with Gasteiger partial charge < -0.3 is 15.4 Å². The Bertz CT molecular complexity index is 660. The number of fused-ring (bicyclic) bond motifs is 1. The molecule has 2 N–H and O–H groups in total. The normalized spacial score (nSPS) is 30.1. The first-order chi connectivity index (χ1) is 13.1. The Balaban J connectivity index is 0.00000225. The summed E-state index contributed by atoms with van der Waals surface area (Å²) in [5, 5.41) is 7.36. The van der Waals surface area contributed by atoms with Crippen molar-refractivity contribution in [2.75, 3.05) is 26.7 Å². The van der Waals surface area contributed by atoms with E-state index in [0.29, 0.717) is 24.1 Å². The van der Waals surface area contributed by atoms with Crippen molar-refractivity contribution >= 4 is 29.9 Å². The summed E-state index contributed by atoms with van der Waals surface area (Å²) >= 11 is 0. The van der Waals surface area contributed by atoms with Gasteiger partial charge in [0.25, 0.3) is 0 Å². The number of nitrogens with zero attached hydrogens (tertiary/aromatic N) is 3. The van der Waals surface area contributed by atoms with Gasteiger partial charge in [0.15, 0.2) is 5.96 Å². The third kappa shape index (κ3) is 4.46. The molecule has 0 amide bonds. The van der Waals surface area contributed by atoms with Crippen LogP contribution in [0.3, 0.4) is 0 Å². The lowest BCUT2D eigenvalue weighted by molar-refractivity contribution is -0.106. The number of ether oxygens (including phenoxy) is 1. The highest BCUT2D eigenvalue weighted by Gasteiger charge is 2.59. The summed E-state index contributed by atoms with van der Waals surface area (Å²) in [6.07, 6.45) is 5.71. The van der Waals surface area contributed by atoms with Gasteiger partial charge in [-0.05, 0) is 31.4 Å². The first-order valence-corrected chi connectivity index (χ1v) is 10.3. The van der Waals surface area contributed by atoms with E-state index in [9.17, 15) is 0 Å². The van der Waals surface area contributed by atoms with Crippen LogP contribution in [0.4, 0.5) is 0 Å². The molecule has 1 aromatic heterocycles. The Morgan fingerprint density at radius 1 is 1.25 bits per heavy atom. The number of hydrogen-bond acceptors (Lipinski definition) is 4. The van der Waals surface area contributed by atoms with E-state index < -0.39 is 0 Å². The second-order valence-corrected chi connectivity index (χ2v) is 8.78. The molecule has 1 saturated carbocycles. The van der Waals surface area contributed by atoms with Crippen LogP contribution < -0.4 is 10.6 Å². The molecular weight excluding hydrogens is 465 g/mol. The Morgan fingerprint density at radius 3 is 2.71 bits per heavy atom. The van der Waals surface area contributed by atoms with Gasteiger partial charge in [0.2, 0.25) is 0 Å². The van der Waals surface area contributed by atoms with Gasteiger partial charge in [0.1, 0.15) is 0 Å². The molecule has 4 rings (SSSR count). The standard InChI is InChI=1S/C21H33N5O.HI/c1-21(2)18(17-9-13-27-19(17)21)25-20(22-3)24-15-7-11-26(12-8-15)14-16-6-4-5-10-23-16;/h4-6,10,15,17-19H,7-9,11-14H2,1-3H3,(H2,22,24,25);1H. The van der Waals surface area contributed by atoms with E-state index in [1.807, 2.05) is 19.3 Å². The zero-order chi connectivity index (χ0) is 18.9. The molecule has 3 atom stereocenters. The van der Waals surface area contributed by atoms with Crippen molar-refractivity contribution in [1.29, 1.82) is 0 Å². The predicted molar refractivity (Wildman–Crippen MR) is 123 cm³/mol. The summed E-state index contributed by atoms with van der Waals surface area (Å²) in [4.78, 5) is 11.4. The van der Waals surface area contributed by atoms with Gasteiger partial charge in [0, 0.05) is 62.9 Å². The van der Waals surface area contributed by atoms with Crippen LogP contribution in [0.5, 0.6) is 0 Å². The first kappa shape index (κ1) is 21.8. The van der Waals surface area contributed by atoms with Crippen LogP contribution in [0.2, 0.25) is 0 Å². The molecule has 3 fully saturated rings. The van der Waals surface area contributed by atoms with Gasteiger partial charge in [-0.15, -0.1) is 24.0 Å². The van der Waals surface area contributed by atoms with Crippen LogP contribution in [0.15, 0.2) is 29.4 Å². The minimum atomic E-state index is 0. The van der Waals surface area contributed by atoms with Gasteiger partial charge in [-0.3, -0.25) is 14.9 Å². The summed E-state index contributed by atoms with van der Waals surface area (Å²) in [6, 6.07) is 7.07. The Kier molecular flexibility index (Phi) is 7.20. The third-order valence-electron chi connectivity index (χ3n) is 6.66. The summed E-state index contributed by atoms with van der Waals surface area (Å²) in [6.45, 7) is 8.65. The smallest absolute Gasteiger partial charge is 0.191 e. The fraction of sp³-hybridized carbons (Fsp3) is 0.714. The Labute approximate surface area is 185 Å². The van der Waals surface area contributed by atoms with Crippen molar-refractivity contribution in [3.63, 3.8) is 0 Å². The molecule has 2 saturated heterocycles. The van der Waals surface area contributed by atoms with E-state index in [2.05, 4.69) is 51.5 Å². The van der Waals surface area contributed by atoms with Gasteiger partial charge in [0.05, 0.1) is 11.8 Å². The van der Waals surface area contributed by atoms with Crippen LogP contribution in [-0.4, -0.2) is 60.8 Å². The lowest BCUT2D eigenvalue weighted by Gasteiger charge is -2.55. The lowest BCUT2D eigenvalue weighted by Crippen LogP contribution is -2.68. The molecule has 0 spiro atoms. The average molecular weight is 499 g/mol. The molecular formula is C21H34IN5O. The number of hydrogen-bond donors (Lipinski definition) is 2. The van der Waals surface area contributed by atoms with Crippen LogP contribution in [0, 0.1) is 11.3 Å². The number of likely N-dealkylation sites (tertiary alicyclic amines) is 1. The van der Waals surface area contributed by atoms with Crippen molar-refractivity contribution in [2.45, 2.75) is 57.8 Å². The monoisotopic (exact) mass is 499 g/mol. The van der Waals surface area contributed by atoms with Gasteiger partial charge >= 0.3 is 0 Å². The molecule has 0 aromatic carbocycles. The zero-order valence-electron chi connectivity index (χ0n) is 17.2. The van der Waals surface area contributed by atoms with Crippen molar-refractivity contribution in [1.82, 2.24) is 20.5 Å². The average Bonchev–Trinajstić information content (AvgIpc) is 3.14. The highest BCUT2D eigenvalue weighted by molar-refractivity contribution is 14.0. The van der Waals surface area contributed by atoms with E-state index in [4.69, 9.17) is 4.74 Å². The molecule has 1 aromatic rings. The fourth-order valence-electron chi connectivity index (χ4n) is 5.08. The minimum Gasteiger partial charge on any atom is -0.377 e. The SMILES string of the molecule is CN=C(NC1CCN(Cc2ccccn2)CC1)NC1C2CCOC2C1(C)C.I. The van der Waals surface area contributed by atoms with E-state index in [1.54, 1.807) is 0 Å². The highest BCUT2D eigenvalue weighted by atomic mass is 127. The molecule has 156 valence electrons. The topological polar surface area (TPSA) is 61.8 Å². The number of nitrogens with one attached hydrogen (secondary N) is 2. The largest absolute Gasteiger partial charge is 0.377 e. The highest BCUT2D eigenvalue weighted by Crippen LogP contribution is 2.52. The first-order valence-electron chi connectivity index (χ1n) is 10.3. The summed E-state index contributed by atoms with van der Waals surface area (Å²) in [7, 11) is 1.87. The predicted octanol–water partition coefficient (Wildman–Crippen LogP) is 2.64. The molecule has 0 bridgehead atoms. The van der Waals surface area contributed by atoms with E-state index in [0.717, 1.165) is 57.2 Å². The van der Waals surface area contributed by atoms with Crippen molar-refractivity contribution in [2.24, 2.45) is 16.3 Å². The number of halogens is 1. The van der Waals surface area contributed by atoms with Crippen LogP contribution in [-0.2, 0) is 11.3 Å². The minimum absolute atomic E-state index is 0. The summed E-state index contributed by atoms with van der Waals surface area (Å²) in [5.41, 5.74) is 1.33. The number of pyridine rings is 1. The third-order valence-corrected chi connectivity index (χ3v) is 6.66. The van der Waals surface area contributed by atoms with E-state index >= 15 is 0 Å². The van der Waals surface area contributed by atoms with Crippen LogP contribution >= 0.6 is 24.0 Å². The van der Waals surface area contributed by atoms with Crippen molar-refractivity contribution in [3.05, 3.63) is 30.1 Å². The summed E-state index contributed by atoms with van der Waals surface area (Å²) in [5.74, 6) is 1.57. The molecule has 2 aliphatic heterocycles. The number of guanidine groups is 1. The summed E-state index contributed by atoms with van der Waals surface area (Å²) < 4.78 is 5.91. The Hall–Kier alpha value is -0.930. The quantitative estimate of drug-likeness (QED) is 0.379. The maximum absolute atomic E-state index is 5.91. The second-order valence-electron chi connectivity index (χ2n) is 8.78. The molecule has 3 aliphatic rings. The van der Waals surface area contributed by atoms with E-state index in [1.165, 1.54) is 0 Å². The van der Waals surface area contributed by atoms with Gasteiger partial charge in [-0.1, -0.05) is 19.9 Å². The van der Waals surface area contributed by atoms with Crippen LogP contribution in [0.1, 0.15) is 38.8 Å². The fourth-order valence-corrected chi connectivity index (χ4v) is 5.08. The molecule has 0 radical (unpaired) electrons. The zero-order valence-corrected chi connectivity index (χ0v) is 19.6. The number of aromatic nitrogens is 1. The van der Waals surface area contributed by atoms with Crippen LogP contribution in [0.25, 0.3) is 0 Å². The molecule has 3 heterocycles. The molecule has 3 unspecified atom stereocenters.